The molecule has 0 atom stereocenters. The Morgan fingerprint density at radius 3 is 2.61 bits per heavy atom. The molecule has 2 heterocycles. The summed E-state index contributed by atoms with van der Waals surface area (Å²) in [5.74, 6) is 0.520. The van der Waals surface area contributed by atoms with Gasteiger partial charge in [0.2, 0.25) is 0 Å². The van der Waals surface area contributed by atoms with Crippen LogP contribution in [0, 0.1) is 0 Å². The molecular weight excluding hydrogens is 248 g/mol. The normalized spacial score (nSPS) is 16.9. The fraction of sp³-hybridized carbons (Fsp3) is 0.357. The third kappa shape index (κ3) is 2.28. The molecule has 1 aromatic heterocycles. The van der Waals surface area contributed by atoms with E-state index in [0.29, 0.717) is 5.92 Å². The summed E-state index contributed by atoms with van der Waals surface area (Å²) >= 11 is 5.92. The van der Waals surface area contributed by atoms with Crippen molar-refractivity contribution in [1.82, 2.24) is 10.2 Å². The summed E-state index contributed by atoms with van der Waals surface area (Å²) in [4.78, 5) is 0. The molecule has 0 spiro atoms. The number of benzene rings is 1. The number of H-pyrrole nitrogens is 1. The molecule has 1 saturated heterocycles. The van der Waals surface area contributed by atoms with Gasteiger partial charge in [0.25, 0.3) is 0 Å². The molecule has 0 bridgehead atoms. The molecule has 0 aliphatic carbocycles. The summed E-state index contributed by atoms with van der Waals surface area (Å²) < 4.78 is 5.41. The Kier molecular flexibility index (Phi) is 3.35. The maximum Gasteiger partial charge on any atom is 0.0568 e. The van der Waals surface area contributed by atoms with Crippen LogP contribution in [0.25, 0.3) is 11.1 Å². The molecule has 1 fully saturated rings. The average Bonchev–Trinajstić information content (AvgIpc) is 2.90. The van der Waals surface area contributed by atoms with Crippen LogP contribution in [-0.2, 0) is 4.74 Å². The predicted octanol–water partition coefficient (Wildman–Crippen LogP) is 3.62. The Hall–Kier alpha value is -1.32. The van der Waals surface area contributed by atoms with Gasteiger partial charge in [0, 0.05) is 35.4 Å². The summed E-state index contributed by atoms with van der Waals surface area (Å²) in [6.45, 7) is 1.67. The first-order chi connectivity index (χ1) is 8.84. The molecule has 1 aromatic carbocycles. The molecular formula is C14H15ClN2O. The second-order valence-corrected chi connectivity index (χ2v) is 5.03. The van der Waals surface area contributed by atoms with Gasteiger partial charge in [-0.05, 0) is 30.5 Å². The van der Waals surface area contributed by atoms with Crippen LogP contribution in [-0.4, -0.2) is 23.4 Å². The SMILES string of the molecule is Clc1ccc(-c2cn[nH]c2C2CCOCC2)cc1. The fourth-order valence-corrected chi connectivity index (χ4v) is 2.58. The summed E-state index contributed by atoms with van der Waals surface area (Å²) in [6, 6.07) is 7.90. The Morgan fingerprint density at radius 1 is 1.17 bits per heavy atom. The molecule has 3 rings (SSSR count). The number of hydrogen-bond donors (Lipinski definition) is 1. The van der Waals surface area contributed by atoms with E-state index in [4.69, 9.17) is 16.3 Å². The first kappa shape index (κ1) is 11.8. The van der Waals surface area contributed by atoms with Gasteiger partial charge in [-0.15, -0.1) is 0 Å². The van der Waals surface area contributed by atoms with Gasteiger partial charge in [-0.1, -0.05) is 23.7 Å². The van der Waals surface area contributed by atoms with Gasteiger partial charge in [-0.3, -0.25) is 5.10 Å². The number of rotatable bonds is 2. The van der Waals surface area contributed by atoms with Gasteiger partial charge >= 0.3 is 0 Å². The van der Waals surface area contributed by atoms with Crippen LogP contribution in [0.15, 0.2) is 30.5 Å². The molecule has 2 aromatic rings. The van der Waals surface area contributed by atoms with E-state index in [1.807, 2.05) is 30.5 Å². The topological polar surface area (TPSA) is 37.9 Å². The van der Waals surface area contributed by atoms with Gasteiger partial charge in [0.15, 0.2) is 0 Å². The molecule has 3 nitrogen and oxygen atoms in total. The van der Waals surface area contributed by atoms with Crippen LogP contribution in [0.4, 0.5) is 0 Å². The van der Waals surface area contributed by atoms with Crippen LogP contribution in [0.1, 0.15) is 24.5 Å². The molecule has 1 aliphatic heterocycles. The Balaban J connectivity index is 1.93. The van der Waals surface area contributed by atoms with Crippen LogP contribution >= 0.6 is 11.6 Å². The molecule has 0 radical (unpaired) electrons. The lowest BCUT2D eigenvalue weighted by Gasteiger charge is -2.22. The van der Waals surface area contributed by atoms with Crippen molar-refractivity contribution in [1.29, 1.82) is 0 Å². The molecule has 0 saturated carbocycles. The summed E-state index contributed by atoms with van der Waals surface area (Å²) in [7, 11) is 0. The predicted molar refractivity (Wildman–Crippen MR) is 71.8 cm³/mol. The highest BCUT2D eigenvalue weighted by atomic mass is 35.5. The van der Waals surface area contributed by atoms with Crippen LogP contribution in [0.3, 0.4) is 0 Å². The number of nitrogens with zero attached hydrogens (tertiary/aromatic N) is 1. The van der Waals surface area contributed by atoms with E-state index in [0.717, 1.165) is 36.6 Å². The van der Waals surface area contributed by atoms with Crippen molar-refractivity contribution in [3.63, 3.8) is 0 Å². The quantitative estimate of drug-likeness (QED) is 0.898. The second kappa shape index (κ2) is 5.12. The Bertz CT molecular complexity index is 515. The van der Waals surface area contributed by atoms with Crippen molar-refractivity contribution in [3.8, 4) is 11.1 Å². The first-order valence-electron chi connectivity index (χ1n) is 6.21. The highest BCUT2D eigenvalue weighted by molar-refractivity contribution is 6.30. The van der Waals surface area contributed by atoms with E-state index in [-0.39, 0.29) is 0 Å². The minimum absolute atomic E-state index is 0.520. The fourth-order valence-electron chi connectivity index (χ4n) is 2.45. The third-order valence-corrected chi connectivity index (χ3v) is 3.71. The summed E-state index contributed by atoms with van der Waals surface area (Å²) in [6.07, 6.45) is 4.01. The standard InChI is InChI=1S/C14H15ClN2O/c15-12-3-1-10(2-4-12)13-9-16-17-14(13)11-5-7-18-8-6-11/h1-4,9,11H,5-8H2,(H,16,17). The monoisotopic (exact) mass is 262 g/mol. The number of nitrogens with one attached hydrogen (secondary N) is 1. The highest BCUT2D eigenvalue weighted by Crippen LogP contribution is 2.33. The van der Waals surface area contributed by atoms with Crippen molar-refractivity contribution >= 4 is 11.6 Å². The van der Waals surface area contributed by atoms with Crippen LogP contribution in [0.5, 0.6) is 0 Å². The van der Waals surface area contributed by atoms with Crippen molar-refractivity contribution < 1.29 is 4.74 Å². The number of aromatic amines is 1. The lowest BCUT2D eigenvalue weighted by molar-refractivity contribution is 0.0846. The Morgan fingerprint density at radius 2 is 1.89 bits per heavy atom. The maximum absolute atomic E-state index is 5.92. The molecule has 4 heteroatoms. The zero-order valence-corrected chi connectivity index (χ0v) is 10.8. The molecule has 0 amide bonds. The first-order valence-corrected chi connectivity index (χ1v) is 6.59. The van der Waals surface area contributed by atoms with E-state index in [2.05, 4.69) is 10.2 Å². The largest absolute Gasteiger partial charge is 0.381 e. The van der Waals surface area contributed by atoms with Crippen molar-refractivity contribution in [2.45, 2.75) is 18.8 Å². The molecule has 1 N–H and O–H groups in total. The van der Waals surface area contributed by atoms with Gasteiger partial charge < -0.3 is 4.74 Å². The smallest absolute Gasteiger partial charge is 0.0568 e. The van der Waals surface area contributed by atoms with E-state index in [1.165, 1.54) is 11.3 Å². The van der Waals surface area contributed by atoms with Gasteiger partial charge in [0.1, 0.15) is 0 Å². The van der Waals surface area contributed by atoms with Crippen LogP contribution < -0.4 is 0 Å². The zero-order chi connectivity index (χ0) is 12.4. The van der Waals surface area contributed by atoms with Crippen molar-refractivity contribution in [3.05, 3.63) is 41.2 Å². The Labute approximate surface area is 111 Å². The number of hydrogen-bond acceptors (Lipinski definition) is 2. The van der Waals surface area contributed by atoms with E-state index >= 15 is 0 Å². The summed E-state index contributed by atoms with van der Waals surface area (Å²) in [5.41, 5.74) is 3.56. The lowest BCUT2D eigenvalue weighted by Crippen LogP contribution is -2.15. The van der Waals surface area contributed by atoms with Gasteiger partial charge in [0.05, 0.1) is 6.20 Å². The molecule has 18 heavy (non-hydrogen) atoms. The van der Waals surface area contributed by atoms with E-state index in [1.54, 1.807) is 0 Å². The highest BCUT2D eigenvalue weighted by Gasteiger charge is 2.21. The third-order valence-electron chi connectivity index (χ3n) is 3.45. The van der Waals surface area contributed by atoms with E-state index < -0.39 is 0 Å². The minimum atomic E-state index is 0.520. The minimum Gasteiger partial charge on any atom is -0.381 e. The lowest BCUT2D eigenvalue weighted by atomic mass is 9.92. The van der Waals surface area contributed by atoms with Gasteiger partial charge in [-0.2, -0.15) is 5.10 Å². The number of halogens is 1. The average molecular weight is 263 g/mol. The second-order valence-electron chi connectivity index (χ2n) is 4.59. The molecule has 0 unspecified atom stereocenters. The van der Waals surface area contributed by atoms with E-state index in [9.17, 15) is 0 Å². The summed E-state index contributed by atoms with van der Waals surface area (Å²) in [5, 5.41) is 8.11. The molecule has 1 aliphatic rings. The maximum atomic E-state index is 5.92. The van der Waals surface area contributed by atoms with Gasteiger partial charge in [-0.25, -0.2) is 0 Å². The zero-order valence-electron chi connectivity index (χ0n) is 10.0. The van der Waals surface area contributed by atoms with Crippen LogP contribution in [0.2, 0.25) is 5.02 Å². The number of ether oxygens (including phenoxy) is 1. The number of aromatic nitrogens is 2. The van der Waals surface area contributed by atoms with Crippen molar-refractivity contribution in [2.24, 2.45) is 0 Å². The van der Waals surface area contributed by atoms with Crippen molar-refractivity contribution in [2.75, 3.05) is 13.2 Å². The molecule has 94 valence electrons.